The molecule has 0 atom stereocenters. The summed E-state index contributed by atoms with van der Waals surface area (Å²) in [6.07, 6.45) is 2.12. The van der Waals surface area contributed by atoms with Crippen molar-refractivity contribution in [1.29, 1.82) is 0 Å². The number of anilines is 1. The number of ether oxygens (including phenoxy) is 1. The summed E-state index contributed by atoms with van der Waals surface area (Å²) in [6, 6.07) is 21.0. The van der Waals surface area contributed by atoms with Gasteiger partial charge in [0.1, 0.15) is 5.75 Å². The maximum absolute atomic E-state index is 14.4. The molecule has 1 amide bonds. The van der Waals surface area contributed by atoms with Gasteiger partial charge in [-0.15, -0.1) is 0 Å². The molecule has 0 bridgehead atoms. The van der Waals surface area contributed by atoms with Gasteiger partial charge in [0.15, 0.2) is 18.2 Å². The van der Waals surface area contributed by atoms with Crippen LogP contribution in [0.25, 0.3) is 0 Å². The number of amides is 1. The van der Waals surface area contributed by atoms with Crippen LogP contribution in [0.3, 0.4) is 0 Å². The third-order valence-electron chi connectivity index (χ3n) is 9.05. The maximum Gasteiger partial charge on any atom is 0.262 e. The lowest BCUT2D eigenvalue weighted by Crippen LogP contribution is -2.44. The van der Waals surface area contributed by atoms with Crippen LogP contribution in [0.1, 0.15) is 70.4 Å². The number of Topliss-reactive ketones (excluding diaryl/α,β-unsaturated/α-hetero) is 2. The molecule has 0 saturated carbocycles. The van der Waals surface area contributed by atoms with Gasteiger partial charge in [-0.3, -0.25) is 14.4 Å². The number of nitrogens with one attached hydrogen (secondary N) is 1. The quantitative estimate of drug-likeness (QED) is 0.259. The van der Waals surface area contributed by atoms with E-state index in [9.17, 15) is 14.4 Å². The molecular formula is C38H37Br2ClN2O4. The van der Waals surface area contributed by atoms with Crippen molar-refractivity contribution < 1.29 is 19.1 Å². The minimum Gasteiger partial charge on any atom is -0.482 e. The summed E-state index contributed by atoms with van der Waals surface area (Å²) in [5.41, 5.74) is 4.95. The number of halogens is 3. The van der Waals surface area contributed by atoms with Crippen LogP contribution in [0.2, 0.25) is 5.02 Å². The Labute approximate surface area is 297 Å². The molecule has 0 saturated heterocycles. The van der Waals surface area contributed by atoms with Gasteiger partial charge in [0, 0.05) is 57.9 Å². The number of hydrogen-bond acceptors (Lipinski definition) is 5. The van der Waals surface area contributed by atoms with Crippen LogP contribution in [0, 0.1) is 10.8 Å². The van der Waals surface area contributed by atoms with E-state index in [1.165, 1.54) is 0 Å². The van der Waals surface area contributed by atoms with Gasteiger partial charge in [0.2, 0.25) is 0 Å². The molecule has 0 spiro atoms. The minimum atomic E-state index is -0.644. The van der Waals surface area contributed by atoms with Crippen molar-refractivity contribution in [2.75, 3.05) is 11.9 Å². The van der Waals surface area contributed by atoms with Crippen LogP contribution in [0.15, 0.2) is 98.2 Å². The van der Waals surface area contributed by atoms with E-state index in [1.54, 1.807) is 24.3 Å². The Bertz CT molecular complexity index is 1790. The normalized spacial score (nSPS) is 19.0. The number of allylic oxidation sites excluding steroid dienone is 4. The lowest BCUT2D eigenvalue weighted by atomic mass is 9.63. The zero-order valence-electron chi connectivity index (χ0n) is 26.9. The number of para-hydroxylation sites is 1. The summed E-state index contributed by atoms with van der Waals surface area (Å²) in [4.78, 5) is 44.0. The molecule has 6 rings (SSSR count). The fourth-order valence-corrected chi connectivity index (χ4v) is 8.70. The average molecular weight is 781 g/mol. The molecule has 0 unspecified atom stereocenters. The predicted octanol–water partition coefficient (Wildman–Crippen LogP) is 9.77. The zero-order valence-corrected chi connectivity index (χ0v) is 30.8. The third kappa shape index (κ3) is 7.01. The summed E-state index contributed by atoms with van der Waals surface area (Å²) in [5.74, 6) is -0.556. The van der Waals surface area contributed by atoms with Crippen molar-refractivity contribution in [3.8, 4) is 5.75 Å². The van der Waals surface area contributed by atoms with Crippen molar-refractivity contribution in [3.63, 3.8) is 0 Å². The van der Waals surface area contributed by atoms with Crippen LogP contribution < -0.4 is 10.1 Å². The minimum absolute atomic E-state index is 0.0296. The first-order valence-corrected chi connectivity index (χ1v) is 17.7. The Kier molecular flexibility index (Phi) is 9.33. The first kappa shape index (κ1) is 33.7. The predicted molar refractivity (Wildman–Crippen MR) is 192 cm³/mol. The second-order valence-electron chi connectivity index (χ2n) is 14.2. The smallest absolute Gasteiger partial charge is 0.262 e. The molecule has 0 fully saturated rings. The number of benzene rings is 3. The molecule has 0 radical (unpaired) electrons. The number of carbonyl (C=O) groups is 3. The van der Waals surface area contributed by atoms with Crippen molar-refractivity contribution in [2.24, 2.45) is 10.8 Å². The summed E-state index contributed by atoms with van der Waals surface area (Å²) >= 11 is 13.6. The fourth-order valence-electron chi connectivity index (χ4n) is 7.15. The van der Waals surface area contributed by atoms with Gasteiger partial charge in [-0.2, -0.15) is 0 Å². The lowest BCUT2D eigenvalue weighted by molar-refractivity contribution is -0.120. The number of nitrogens with zero attached hydrogens (tertiary/aromatic N) is 1. The van der Waals surface area contributed by atoms with Crippen LogP contribution in [0.4, 0.5) is 5.69 Å². The molecule has 0 aromatic heterocycles. The Balaban J connectivity index is 1.50. The highest BCUT2D eigenvalue weighted by molar-refractivity contribution is 9.11. The SMILES string of the molecule is CC1(C)CC(=O)C2=C(C1)N(Cc1ccccc1)C1=C(C(=O)CC(C)(C)C1)C2c1cc(Br)cc(Br)c1OCC(=O)Nc1ccccc1Cl. The molecular weight excluding hydrogens is 744 g/mol. The van der Waals surface area contributed by atoms with Crippen LogP contribution >= 0.6 is 43.5 Å². The molecule has 6 nitrogen and oxygen atoms in total. The monoisotopic (exact) mass is 778 g/mol. The number of hydrogen-bond donors (Lipinski definition) is 1. The second-order valence-corrected chi connectivity index (χ2v) is 16.4. The highest BCUT2D eigenvalue weighted by Gasteiger charge is 2.49. The van der Waals surface area contributed by atoms with Crippen molar-refractivity contribution in [3.05, 3.63) is 114 Å². The molecule has 244 valence electrons. The van der Waals surface area contributed by atoms with Crippen LogP contribution in [-0.2, 0) is 20.9 Å². The lowest BCUT2D eigenvalue weighted by Gasteiger charge is -2.49. The molecule has 47 heavy (non-hydrogen) atoms. The van der Waals surface area contributed by atoms with Crippen LogP contribution in [0.5, 0.6) is 5.75 Å². The van der Waals surface area contributed by atoms with Gasteiger partial charge in [-0.05, 0) is 69.4 Å². The standard InChI is InChI=1S/C38H37Br2ClN2O4/c1-37(2)16-28-34(30(44)18-37)33(35-29(17-38(3,4)19-31(35)45)43(28)20-22-10-6-5-7-11-22)24-14-23(39)15-25(40)36(24)47-21-32(46)42-27-13-9-8-12-26(27)41/h5-15,33H,16-21H2,1-4H3,(H,42,46). The average Bonchev–Trinajstić information content (AvgIpc) is 2.97. The topological polar surface area (TPSA) is 75.7 Å². The van der Waals surface area contributed by atoms with Gasteiger partial charge < -0.3 is 15.0 Å². The highest BCUT2D eigenvalue weighted by Crippen LogP contribution is 2.56. The first-order valence-electron chi connectivity index (χ1n) is 15.7. The van der Waals surface area contributed by atoms with Crippen LogP contribution in [-0.4, -0.2) is 29.0 Å². The van der Waals surface area contributed by atoms with E-state index in [1.807, 2.05) is 30.3 Å². The first-order chi connectivity index (χ1) is 22.2. The van der Waals surface area contributed by atoms with Crippen molar-refractivity contribution in [1.82, 2.24) is 4.90 Å². The number of ketones is 2. The third-order valence-corrected chi connectivity index (χ3v) is 10.4. The Morgan fingerprint density at radius 2 is 1.45 bits per heavy atom. The van der Waals surface area contributed by atoms with Crippen molar-refractivity contribution in [2.45, 2.75) is 65.8 Å². The van der Waals surface area contributed by atoms with Gasteiger partial charge >= 0.3 is 0 Å². The maximum atomic E-state index is 14.4. The van der Waals surface area contributed by atoms with Gasteiger partial charge in [-0.1, -0.05) is 97.7 Å². The Morgan fingerprint density at radius 3 is 2.04 bits per heavy atom. The Morgan fingerprint density at radius 1 is 0.872 bits per heavy atom. The molecule has 3 aromatic rings. The second kappa shape index (κ2) is 13.0. The molecule has 2 aliphatic carbocycles. The van der Waals surface area contributed by atoms with E-state index in [0.717, 1.165) is 21.4 Å². The number of rotatable bonds is 7. The summed E-state index contributed by atoms with van der Waals surface area (Å²) in [5, 5.41) is 3.23. The van der Waals surface area contributed by atoms with E-state index < -0.39 is 5.92 Å². The summed E-state index contributed by atoms with van der Waals surface area (Å²) in [7, 11) is 0. The largest absolute Gasteiger partial charge is 0.482 e. The van der Waals surface area contributed by atoms with Crippen molar-refractivity contribution >= 4 is 66.6 Å². The molecule has 3 aromatic carbocycles. The van der Waals surface area contributed by atoms with E-state index >= 15 is 0 Å². The highest BCUT2D eigenvalue weighted by atomic mass is 79.9. The van der Waals surface area contributed by atoms with Gasteiger partial charge in [0.05, 0.1) is 15.2 Å². The fraction of sp³-hybridized carbons (Fsp3) is 0.342. The molecule has 3 aliphatic rings. The molecule has 1 aliphatic heterocycles. The van der Waals surface area contributed by atoms with E-state index in [0.29, 0.717) is 69.9 Å². The van der Waals surface area contributed by atoms with E-state index in [4.69, 9.17) is 16.3 Å². The Hall–Kier alpha value is -3.20. The molecule has 9 heteroatoms. The summed E-state index contributed by atoms with van der Waals surface area (Å²) < 4.78 is 7.65. The molecule has 1 N–H and O–H groups in total. The summed E-state index contributed by atoms with van der Waals surface area (Å²) in [6.45, 7) is 8.78. The van der Waals surface area contributed by atoms with E-state index in [-0.39, 0.29) is 34.9 Å². The zero-order chi connectivity index (χ0) is 33.7. The van der Waals surface area contributed by atoms with E-state index in [2.05, 4.69) is 81.9 Å². The van der Waals surface area contributed by atoms with Gasteiger partial charge in [0.25, 0.3) is 5.91 Å². The molecule has 1 heterocycles. The van der Waals surface area contributed by atoms with Gasteiger partial charge in [-0.25, -0.2) is 0 Å². The number of carbonyl (C=O) groups excluding carboxylic acids is 3.